The SMILES string of the molecule is Nc1ncc(-c2ccc(NC(=O)C(O)c3cc(F)cc(F)c3)cc2Cl)nc1C(=O)NCC(F)(F)F. The van der Waals surface area contributed by atoms with E-state index in [9.17, 15) is 36.6 Å². The van der Waals surface area contributed by atoms with Gasteiger partial charge in [0, 0.05) is 17.3 Å². The van der Waals surface area contributed by atoms with Crippen LogP contribution in [0.4, 0.5) is 33.5 Å². The number of amides is 2. The number of hydrogen-bond donors (Lipinski definition) is 4. The Morgan fingerprint density at radius 2 is 1.77 bits per heavy atom. The summed E-state index contributed by atoms with van der Waals surface area (Å²) >= 11 is 6.22. The molecule has 0 aliphatic rings. The second-order valence-electron chi connectivity index (χ2n) is 7.08. The van der Waals surface area contributed by atoms with E-state index in [1.165, 1.54) is 18.2 Å². The van der Waals surface area contributed by atoms with E-state index in [1.807, 2.05) is 0 Å². The average Bonchev–Trinajstić information content (AvgIpc) is 2.76. The van der Waals surface area contributed by atoms with Gasteiger partial charge in [-0.1, -0.05) is 11.6 Å². The Kier molecular flexibility index (Phi) is 7.51. The molecule has 3 aromatic rings. The number of anilines is 2. The van der Waals surface area contributed by atoms with Crippen LogP contribution in [0.25, 0.3) is 11.3 Å². The molecule has 0 bridgehead atoms. The number of hydrogen-bond acceptors (Lipinski definition) is 6. The molecule has 2 aromatic carbocycles. The highest BCUT2D eigenvalue weighted by Crippen LogP contribution is 2.30. The smallest absolute Gasteiger partial charge is 0.382 e. The highest BCUT2D eigenvalue weighted by atomic mass is 35.5. The number of aromatic nitrogens is 2. The predicted octanol–water partition coefficient (Wildman–Crippen LogP) is 3.62. The minimum atomic E-state index is -4.64. The number of nitrogens with one attached hydrogen (secondary N) is 2. The van der Waals surface area contributed by atoms with Crippen LogP contribution in [-0.2, 0) is 4.79 Å². The summed E-state index contributed by atoms with van der Waals surface area (Å²) in [6.45, 7) is -1.60. The number of halogens is 6. The van der Waals surface area contributed by atoms with Crippen LogP contribution in [0.1, 0.15) is 22.2 Å². The topological polar surface area (TPSA) is 130 Å². The number of nitrogen functional groups attached to an aromatic ring is 1. The van der Waals surface area contributed by atoms with Gasteiger partial charge in [0.2, 0.25) is 0 Å². The predicted molar refractivity (Wildman–Crippen MR) is 115 cm³/mol. The molecule has 1 aromatic heterocycles. The van der Waals surface area contributed by atoms with Crippen molar-refractivity contribution in [3.63, 3.8) is 0 Å². The molecule has 0 aliphatic heterocycles. The number of rotatable bonds is 6. The molecule has 0 spiro atoms. The number of aliphatic hydroxyl groups is 1. The maximum absolute atomic E-state index is 13.3. The summed E-state index contributed by atoms with van der Waals surface area (Å²) in [6.07, 6.45) is -5.40. The zero-order valence-electron chi connectivity index (χ0n) is 17.3. The van der Waals surface area contributed by atoms with E-state index in [4.69, 9.17) is 17.3 Å². The first kappa shape index (κ1) is 25.8. The summed E-state index contributed by atoms with van der Waals surface area (Å²) in [4.78, 5) is 32.0. The Labute approximate surface area is 198 Å². The summed E-state index contributed by atoms with van der Waals surface area (Å²) in [5.41, 5.74) is 4.97. The number of aliphatic hydroxyl groups excluding tert-OH is 1. The van der Waals surface area contributed by atoms with Gasteiger partial charge in [-0.3, -0.25) is 9.59 Å². The van der Waals surface area contributed by atoms with Gasteiger partial charge in [-0.2, -0.15) is 13.2 Å². The summed E-state index contributed by atoms with van der Waals surface area (Å²) in [5.74, 6) is -4.56. The molecule has 0 fully saturated rings. The molecule has 1 heterocycles. The molecule has 0 aliphatic carbocycles. The molecule has 1 atom stereocenters. The molecule has 3 rings (SSSR count). The van der Waals surface area contributed by atoms with Crippen LogP contribution in [-0.4, -0.2) is 39.6 Å². The van der Waals surface area contributed by atoms with Crippen LogP contribution >= 0.6 is 11.6 Å². The number of carbonyl (C=O) groups is 2. The third kappa shape index (κ3) is 6.61. The molecule has 0 saturated carbocycles. The van der Waals surface area contributed by atoms with Crippen molar-refractivity contribution in [1.82, 2.24) is 15.3 Å². The van der Waals surface area contributed by atoms with E-state index in [0.717, 1.165) is 18.3 Å². The normalized spacial score (nSPS) is 12.2. The van der Waals surface area contributed by atoms with E-state index in [0.29, 0.717) is 6.07 Å². The van der Waals surface area contributed by atoms with E-state index < -0.39 is 53.8 Å². The van der Waals surface area contributed by atoms with Gasteiger partial charge in [0.1, 0.15) is 18.2 Å². The Hall–Kier alpha value is -3.84. The van der Waals surface area contributed by atoms with E-state index in [2.05, 4.69) is 15.3 Å². The van der Waals surface area contributed by atoms with E-state index >= 15 is 0 Å². The molecule has 0 saturated heterocycles. The van der Waals surface area contributed by atoms with Crippen molar-refractivity contribution in [1.29, 1.82) is 0 Å². The molecule has 2 amide bonds. The molecule has 5 N–H and O–H groups in total. The molecule has 0 radical (unpaired) electrons. The third-order valence-corrected chi connectivity index (χ3v) is 4.74. The molecular weight excluding hydrogens is 501 g/mol. The van der Waals surface area contributed by atoms with Crippen LogP contribution < -0.4 is 16.4 Å². The lowest BCUT2D eigenvalue weighted by Gasteiger charge is -2.14. The minimum absolute atomic E-state index is 0.00509. The molecular formula is C21H15ClF5N5O3. The molecule has 1 unspecified atom stereocenters. The number of carbonyl (C=O) groups excluding carboxylic acids is 2. The fourth-order valence-corrected chi connectivity index (χ4v) is 3.13. The maximum Gasteiger partial charge on any atom is 0.405 e. The summed E-state index contributed by atoms with van der Waals surface area (Å²) in [5, 5.41) is 14.0. The van der Waals surface area contributed by atoms with Crippen molar-refractivity contribution in [2.75, 3.05) is 17.6 Å². The fourth-order valence-electron chi connectivity index (χ4n) is 2.86. The highest BCUT2D eigenvalue weighted by molar-refractivity contribution is 6.33. The number of alkyl halides is 3. The van der Waals surface area contributed by atoms with Gasteiger partial charge in [0.05, 0.1) is 16.9 Å². The fraction of sp³-hybridized carbons (Fsp3) is 0.143. The monoisotopic (exact) mass is 515 g/mol. The van der Waals surface area contributed by atoms with Crippen molar-refractivity contribution < 1.29 is 36.6 Å². The number of benzene rings is 2. The molecule has 35 heavy (non-hydrogen) atoms. The van der Waals surface area contributed by atoms with Crippen molar-refractivity contribution in [3.05, 3.63) is 70.5 Å². The molecule has 8 nitrogen and oxygen atoms in total. The van der Waals surface area contributed by atoms with Gasteiger partial charge in [-0.15, -0.1) is 0 Å². The molecule has 14 heteroatoms. The lowest BCUT2D eigenvalue weighted by molar-refractivity contribution is -0.124. The summed E-state index contributed by atoms with van der Waals surface area (Å²) < 4.78 is 63.8. The van der Waals surface area contributed by atoms with Gasteiger partial charge in [0.25, 0.3) is 11.8 Å². The van der Waals surface area contributed by atoms with Crippen LogP contribution in [0.5, 0.6) is 0 Å². The Bertz CT molecular complexity index is 1270. The van der Waals surface area contributed by atoms with Crippen LogP contribution in [0.3, 0.4) is 0 Å². The summed E-state index contributed by atoms with van der Waals surface area (Å²) in [7, 11) is 0. The average molecular weight is 516 g/mol. The molecule has 184 valence electrons. The quantitative estimate of drug-likeness (QED) is 0.371. The Morgan fingerprint density at radius 1 is 1.11 bits per heavy atom. The van der Waals surface area contributed by atoms with E-state index in [-0.39, 0.29) is 27.5 Å². The lowest BCUT2D eigenvalue weighted by atomic mass is 10.1. The van der Waals surface area contributed by atoms with Crippen molar-refractivity contribution in [2.45, 2.75) is 12.3 Å². The largest absolute Gasteiger partial charge is 0.405 e. The van der Waals surface area contributed by atoms with Crippen LogP contribution in [0.2, 0.25) is 5.02 Å². The van der Waals surface area contributed by atoms with Crippen LogP contribution in [0, 0.1) is 11.6 Å². The number of nitrogens with two attached hydrogens (primary N) is 1. The van der Waals surface area contributed by atoms with Crippen molar-refractivity contribution in [2.24, 2.45) is 0 Å². The van der Waals surface area contributed by atoms with Gasteiger partial charge in [-0.05, 0) is 35.9 Å². The van der Waals surface area contributed by atoms with Crippen LogP contribution in [0.15, 0.2) is 42.6 Å². The van der Waals surface area contributed by atoms with Gasteiger partial charge < -0.3 is 21.5 Å². The maximum atomic E-state index is 13.3. The number of nitrogens with zero attached hydrogens (tertiary/aromatic N) is 2. The first-order valence-electron chi connectivity index (χ1n) is 9.56. The van der Waals surface area contributed by atoms with E-state index in [1.54, 1.807) is 5.32 Å². The first-order valence-corrected chi connectivity index (χ1v) is 9.94. The van der Waals surface area contributed by atoms with Gasteiger partial charge >= 0.3 is 6.18 Å². The lowest BCUT2D eigenvalue weighted by Crippen LogP contribution is -2.34. The highest BCUT2D eigenvalue weighted by Gasteiger charge is 2.29. The van der Waals surface area contributed by atoms with Gasteiger partial charge in [0.15, 0.2) is 17.6 Å². The minimum Gasteiger partial charge on any atom is -0.382 e. The third-order valence-electron chi connectivity index (χ3n) is 4.43. The standard InChI is InChI=1S/C21H15ClF5N5O3/c22-14-6-12(31-20(35)17(33)9-3-10(23)5-11(24)4-9)1-2-13(14)15-7-29-18(28)16(32-15)19(34)30-8-21(25,26)27/h1-7,17,33H,8H2,(H2,28,29)(H,30,34)(H,31,35). The van der Waals surface area contributed by atoms with Crippen molar-refractivity contribution >= 4 is 34.9 Å². The zero-order chi connectivity index (χ0) is 25.9. The van der Waals surface area contributed by atoms with Crippen molar-refractivity contribution in [3.8, 4) is 11.3 Å². The second-order valence-corrected chi connectivity index (χ2v) is 7.48. The Morgan fingerprint density at radius 3 is 2.37 bits per heavy atom. The van der Waals surface area contributed by atoms with Gasteiger partial charge in [-0.25, -0.2) is 18.7 Å². The summed E-state index contributed by atoms with van der Waals surface area (Å²) in [6, 6.07) is 6.10. The first-order chi connectivity index (χ1) is 16.3. The zero-order valence-corrected chi connectivity index (χ0v) is 18.1. The Balaban J connectivity index is 1.79. The second kappa shape index (κ2) is 10.2.